The van der Waals surface area contributed by atoms with Crippen molar-refractivity contribution < 1.29 is 15.0 Å². The van der Waals surface area contributed by atoms with Crippen LogP contribution >= 0.6 is 0 Å². The highest BCUT2D eigenvalue weighted by molar-refractivity contribution is 5.87. The number of hydrogen-bond acceptors (Lipinski definition) is 7. The number of anilines is 1. The molecule has 1 amide bonds. The van der Waals surface area contributed by atoms with E-state index >= 15 is 0 Å². The first-order chi connectivity index (χ1) is 11.0. The largest absolute Gasteiger partial charge is 0.394 e. The molecule has 2 rings (SSSR count). The number of nitrogens with two attached hydrogens (primary N) is 1. The summed E-state index contributed by atoms with van der Waals surface area (Å²) in [6, 6.07) is -0.530. The molecule has 9 heteroatoms. The molecule has 0 atom stereocenters. The number of primary amides is 1. The van der Waals surface area contributed by atoms with Crippen LogP contribution in [-0.4, -0.2) is 61.9 Å². The molecule has 0 spiro atoms. The van der Waals surface area contributed by atoms with Crippen LogP contribution in [0.5, 0.6) is 0 Å². The fourth-order valence-corrected chi connectivity index (χ4v) is 2.43. The van der Waals surface area contributed by atoms with Crippen molar-refractivity contribution in [3.8, 4) is 0 Å². The zero-order chi connectivity index (χ0) is 17.0. The van der Waals surface area contributed by atoms with Crippen molar-refractivity contribution in [1.29, 1.82) is 0 Å². The summed E-state index contributed by atoms with van der Waals surface area (Å²) in [5.41, 5.74) is 6.32. The number of imidazole rings is 1. The molecule has 2 heterocycles. The zero-order valence-corrected chi connectivity index (χ0v) is 13.3. The van der Waals surface area contributed by atoms with Gasteiger partial charge in [0.05, 0.1) is 32.1 Å². The highest BCUT2D eigenvalue weighted by Gasteiger charge is 2.20. The Morgan fingerprint density at radius 3 is 2.57 bits per heavy atom. The molecule has 0 saturated heterocycles. The topological polar surface area (TPSA) is 130 Å². The number of hydrogen-bond donors (Lipinski definition) is 3. The lowest BCUT2D eigenvalue weighted by atomic mass is 10.2. The third-order valence-corrected chi connectivity index (χ3v) is 3.39. The van der Waals surface area contributed by atoms with Gasteiger partial charge in [-0.2, -0.15) is 0 Å². The van der Waals surface area contributed by atoms with Gasteiger partial charge in [0.2, 0.25) is 5.91 Å². The Balaban J connectivity index is 2.49. The monoisotopic (exact) mass is 322 g/mol. The normalized spacial score (nSPS) is 11.6. The van der Waals surface area contributed by atoms with Crippen LogP contribution in [0.3, 0.4) is 0 Å². The van der Waals surface area contributed by atoms with E-state index in [4.69, 9.17) is 5.73 Å². The summed E-state index contributed by atoms with van der Waals surface area (Å²) in [5, 5.41) is 18.7. The minimum atomic E-state index is -0.530. The van der Waals surface area contributed by atoms with E-state index in [0.717, 1.165) is 0 Å². The number of carbonyl (C=O) groups excluding carboxylic acids is 1. The summed E-state index contributed by atoms with van der Waals surface area (Å²) in [4.78, 5) is 25.8. The van der Waals surface area contributed by atoms with Gasteiger partial charge in [-0.05, 0) is 5.92 Å². The van der Waals surface area contributed by atoms with Crippen molar-refractivity contribution in [2.24, 2.45) is 11.7 Å². The lowest BCUT2D eigenvalue weighted by molar-refractivity contribution is -0.116. The Labute approximate surface area is 133 Å². The molecule has 9 nitrogen and oxygen atoms in total. The van der Waals surface area contributed by atoms with Crippen molar-refractivity contribution in [3.63, 3.8) is 0 Å². The van der Waals surface area contributed by atoms with Gasteiger partial charge in [-0.1, -0.05) is 13.8 Å². The molecule has 0 unspecified atom stereocenters. The Morgan fingerprint density at radius 1 is 1.30 bits per heavy atom. The van der Waals surface area contributed by atoms with Crippen LogP contribution in [0.1, 0.15) is 19.9 Å². The Kier molecular flexibility index (Phi) is 5.45. The average molecular weight is 322 g/mol. The number of aromatic nitrogens is 4. The fourth-order valence-electron chi connectivity index (χ4n) is 2.43. The van der Waals surface area contributed by atoms with E-state index in [-0.39, 0.29) is 19.8 Å². The van der Waals surface area contributed by atoms with Crippen LogP contribution in [0, 0.1) is 5.92 Å². The average Bonchev–Trinajstić information content (AvgIpc) is 2.91. The van der Waals surface area contributed by atoms with Crippen molar-refractivity contribution in [2.75, 3.05) is 31.2 Å². The molecule has 0 aliphatic carbocycles. The third-order valence-electron chi connectivity index (χ3n) is 3.39. The van der Waals surface area contributed by atoms with Crippen LogP contribution < -0.4 is 10.6 Å². The Morgan fingerprint density at radius 2 is 2.00 bits per heavy atom. The summed E-state index contributed by atoms with van der Waals surface area (Å²) in [6.07, 6.45) is 2.87. The van der Waals surface area contributed by atoms with Gasteiger partial charge in [0.1, 0.15) is 6.33 Å². The van der Waals surface area contributed by atoms with Crippen LogP contribution in [0.4, 0.5) is 5.82 Å². The number of aliphatic hydroxyl groups is 2. The lowest BCUT2D eigenvalue weighted by Crippen LogP contribution is -2.37. The summed E-state index contributed by atoms with van der Waals surface area (Å²) in [6.45, 7) is 4.19. The first kappa shape index (κ1) is 17.1. The predicted molar refractivity (Wildman–Crippen MR) is 84.8 cm³/mol. The number of fused-ring (bicyclic) bond motifs is 1. The summed E-state index contributed by atoms with van der Waals surface area (Å²) in [5.74, 6) is 0.348. The SMILES string of the molecule is CC(C)CN(CC(N)=O)c1ncnc2c1ncn2C(CO)CO. The fraction of sp³-hybridized carbons (Fsp3) is 0.571. The van der Waals surface area contributed by atoms with Crippen molar-refractivity contribution in [3.05, 3.63) is 12.7 Å². The van der Waals surface area contributed by atoms with Gasteiger partial charge in [0, 0.05) is 6.54 Å². The minimum absolute atomic E-state index is 0.0284. The van der Waals surface area contributed by atoms with E-state index in [0.29, 0.717) is 29.4 Å². The highest BCUT2D eigenvalue weighted by atomic mass is 16.3. The van der Waals surface area contributed by atoms with Gasteiger partial charge in [0.25, 0.3) is 0 Å². The smallest absolute Gasteiger partial charge is 0.237 e. The van der Waals surface area contributed by atoms with Crippen molar-refractivity contribution in [1.82, 2.24) is 19.5 Å². The lowest BCUT2D eigenvalue weighted by Gasteiger charge is -2.24. The molecule has 0 bridgehead atoms. The summed E-state index contributed by atoms with van der Waals surface area (Å²) in [7, 11) is 0. The maximum absolute atomic E-state index is 11.4. The van der Waals surface area contributed by atoms with Gasteiger partial charge < -0.3 is 25.4 Å². The molecule has 0 saturated carbocycles. The predicted octanol–water partition coefficient (Wildman–Crippen LogP) is -0.700. The van der Waals surface area contributed by atoms with E-state index in [1.165, 1.54) is 12.7 Å². The Hall–Kier alpha value is -2.26. The molecule has 0 aromatic carbocycles. The van der Waals surface area contributed by atoms with Gasteiger partial charge in [0.15, 0.2) is 17.0 Å². The number of carbonyl (C=O) groups is 1. The molecule has 2 aromatic heterocycles. The van der Waals surface area contributed by atoms with Gasteiger partial charge in [-0.15, -0.1) is 0 Å². The van der Waals surface area contributed by atoms with E-state index in [9.17, 15) is 15.0 Å². The second kappa shape index (κ2) is 7.34. The standard InChI is InChI=1S/C14H22N6O3/c1-9(2)3-19(4-11(15)23)13-12-14(17-7-16-13)20(8-18-12)10(5-21)6-22/h7-10,21-22H,3-6H2,1-2H3,(H2,15,23). The molecule has 126 valence electrons. The third kappa shape index (κ3) is 3.74. The van der Waals surface area contributed by atoms with Crippen LogP contribution in [0.25, 0.3) is 11.2 Å². The second-order valence-corrected chi connectivity index (χ2v) is 5.78. The maximum atomic E-state index is 11.4. The second-order valence-electron chi connectivity index (χ2n) is 5.78. The van der Waals surface area contributed by atoms with Crippen LogP contribution in [0.15, 0.2) is 12.7 Å². The number of nitrogens with zero attached hydrogens (tertiary/aromatic N) is 5. The summed E-state index contributed by atoms with van der Waals surface area (Å²) >= 11 is 0. The number of amides is 1. The molecule has 2 aromatic rings. The number of aliphatic hydroxyl groups excluding tert-OH is 2. The van der Waals surface area contributed by atoms with Gasteiger partial charge in [-0.25, -0.2) is 15.0 Å². The van der Waals surface area contributed by atoms with Crippen LogP contribution in [0.2, 0.25) is 0 Å². The van der Waals surface area contributed by atoms with Crippen LogP contribution in [-0.2, 0) is 4.79 Å². The first-order valence-corrected chi connectivity index (χ1v) is 7.40. The molecule has 0 aliphatic rings. The molecule has 0 aliphatic heterocycles. The highest BCUT2D eigenvalue weighted by Crippen LogP contribution is 2.24. The molecular formula is C14H22N6O3. The summed E-state index contributed by atoms with van der Waals surface area (Å²) < 4.78 is 1.60. The van der Waals surface area contributed by atoms with E-state index in [1.54, 1.807) is 9.47 Å². The quantitative estimate of drug-likeness (QED) is 0.585. The molecule has 23 heavy (non-hydrogen) atoms. The van der Waals surface area contributed by atoms with E-state index in [2.05, 4.69) is 15.0 Å². The number of rotatable bonds is 8. The first-order valence-electron chi connectivity index (χ1n) is 7.40. The van der Waals surface area contributed by atoms with E-state index in [1.807, 2.05) is 13.8 Å². The Bertz CT molecular complexity index is 668. The molecule has 0 radical (unpaired) electrons. The van der Waals surface area contributed by atoms with Crippen molar-refractivity contribution in [2.45, 2.75) is 19.9 Å². The van der Waals surface area contributed by atoms with Crippen molar-refractivity contribution >= 4 is 22.9 Å². The minimum Gasteiger partial charge on any atom is -0.394 e. The van der Waals surface area contributed by atoms with E-state index < -0.39 is 11.9 Å². The molecular weight excluding hydrogens is 300 g/mol. The zero-order valence-electron chi connectivity index (χ0n) is 13.3. The maximum Gasteiger partial charge on any atom is 0.237 e. The molecule has 4 N–H and O–H groups in total. The molecule has 0 fully saturated rings. The van der Waals surface area contributed by atoms with Gasteiger partial charge >= 0.3 is 0 Å². The van der Waals surface area contributed by atoms with Gasteiger partial charge in [-0.3, -0.25) is 4.79 Å².